The van der Waals surface area contributed by atoms with E-state index in [4.69, 9.17) is 30.5 Å². The van der Waals surface area contributed by atoms with Gasteiger partial charge in [0.2, 0.25) is 6.79 Å². The Morgan fingerprint density at radius 2 is 1.74 bits per heavy atom. The van der Waals surface area contributed by atoms with Crippen LogP contribution in [0, 0.1) is 0 Å². The van der Waals surface area contributed by atoms with Crippen LogP contribution in [0.15, 0.2) is 42.5 Å². The molecule has 0 fully saturated rings. The maximum Gasteiger partial charge on any atom is 0.347 e. The molecule has 0 aromatic heterocycles. The molecule has 1 amide bonds. The van der Waals surface area contributed by atoms with E-state index in [1.54, 1.807) is 49.4 Å². The first kappa shape index (κ1) is 18.8. The molecule has 0 saturated carbocycles. The zero-order chi connectivity index (χ0) is 19.4. The van der Waals surface area contributed by atoms with Crippen LogP contribution in [0.1, 0.15) is 13.8 Å². The minimum atomic E-state index is -1.00. The van der Waals surface area contributed by atoms with Gasteiger partial charge in [0.15, 0.2) is 23.7 Å². The van der Waals surface area contributed by atoms with Gasteiger partial charge in [0.05, 0.1) is 0 Å². The zero-order valence-corrected chi connectivity index (χ0v) is 15.5. The number of carbonyl (C=O) groups excluding carboxylic acids is 2. The van der Waals surface area contributed by atoms with Crippen LogP contribution >= 0.6 is 11.6 Å². The van der Waals surface area contributed by atoms with Crippen molar-refractivity contribution in [3.63, 3.8) is 0 Å². The van der Waals surface area contributed by atoms with Gasteiger partial charge in [-0.3, -0.25) is 4.79 Å². The zero-order valence-electron chi connectivity index (χ0n) is 14.7. The summed E-state index contributed by atoms with van der Waals surface area (Å²) in [5.41, 5.74) is 0.512. The Morgan fingerprint density at radius 1 is 1.04 bits per heavy atom. The maximum atomic E-state index is 12.3. The lowest BCUT2D eigenvalue weighted by molar-refractivity contribution is -0.159. The van der Waals surface area contributed by atoms with E-state index < -0.39 is 24.1 Å². The number of hydrogen-bond donors (Lipinski definition) is 1. The van der Waals surface area contributed by atoms with Crippen LogP contribution in [-0.2, 0) is 14.3 Å². The van der Waals surface area contributed by atoms with Crippen molar-refractivity contribution in [3.8, 4) is 17.2 Å². The van der Waals surface area contributed by atoms with Gasteiger partial charge >= 0.3 is 5.97 Å². The number of esters is 1. The van der Waals surface area contributed by atoms with Gasteiger partial charge in [0, 0.05) is 16.8 Å². The summed E-state index contributed by atoms with van der Waals surface area (Å²) in [7, 11) is 0. The SMILES string of the molecule is C[C@H](OC(=O)[C@H](C)Oc1ccc(Cl)cc1)C(=O)Nc1ccc2c(c1)OCO2. The quantitative estimate of drug-likeness (QED) is 0.760. The fourth-order valence-electron chi connectivity index (χ4n) is 2.31. The minimum Gasteiger partial charge on any atom is -0.479 e. The summed E-state index contributed by atoms with van der Waals surface area (Å²) in [5.74, 6) is 0.503. The third-order valence-electron chi connectivity index (χ3n) is 3.76. The highest BCUT2D eigenvalue weighted by Gasteiger charge is 2.24. The van der Waals surface area contributed by atoms with Crippen LogP contribution in [0.4, 0.5) is 5.69 Å². The molecule has 0 unspecified atom stereocenters. The van der Waals surface area contributed by atoms with Crippen molar-refractivity contribution in [2.24, 2.45) is 0 Å². The lowest BCUT2D eigenvalue weighted by Crippen LogP contribution is -2.35. The molecule has 0 spiro atoms. The van der Waals surface area contributed by atoms with Crippen LogP contribution in [0.5, 0.6) is 17.2 Å². The van der Waals surface area contributed by atoms with Crippen LogP contribution in [-0.4, -0.2) is 30.9 Å². The van der Waals surface area contributed by atoms with Crippen LogP contribution < -0.4 is 19.5 Å². The fourth-order valence-corrected chi connectivity index (χ4v) is 2.43. The van der Waals surface area contributed by atoms with Crippen LogP contribution in [0.2, 0.25) is 5.02 Å². The van der Waals surface area contributed by atoms with Crippen molar-refractivity contribution in [2.45, 2.75) is 26.1 Å². The van der Waals surface area contributed by atoms with E-state index in [0.717, 1.165) is 0 Å². The normalized spacial score (nSPS) is 14.2. The molecule has 0 aliphatic carbocycles. The maximum absolute atomic E-state index is 12.3. The first-order valence-electron chi connectivity index (χ1n) is 8.25. The number of amides is 1. The number of anilines is 1. The highest BCUT2D eigenvalue weighted by molar-refractivity contribution is 6.30. The van der Waals surface area contributed by atoms with Crippen molar-refractivity contribution >= 4 is 29.2 Å². The van der Waals surface area contributed by atoms with Crippen molar-refractivity contribution in [1.82, 2.24) is 0 Å². The molecule has 27 heavy (non-hydrogen) atoms. The fraction of sp³-hybridized carbons (Fsp3) is 0.263. The van der Waals surface area contributed by atoms with Crippen LogP contribution in [0.25, 0.3) is 0 Å². The number of carbonyl (C=O) groups is 2. The van der Waals surface area contributed by atoms with Crippen molar-refractivity contribution in [2.75, 3.05) is 12.1 Å². The van der Waals surface area contributed by atoms with E-state index in [-0.39, 0.29) is 6.79 Å². The molecular formula is C19H18ClNO6. The number of fused-ring (bicyclic) bond motifs is 1. The Kier molecular flexibility index (Phi) is 5.71. The monoisotopic (exact) mass is 391 g/mol. The standard InChI is InChI=1S/C19H18ClNO6/c1-11(18(22)21-14-5-8-16-17(9-14)25-10-24-16)27-19(23)12(2)26-15-6-3-13(20)4-7-15/h3-9,11-12H,10H2,1-2H3,(H,21,22)/t11-,12-/m0/s1. The van der Waals surface area contributed by atoms with Gasteiger partial charge in [-0.2, -0.15) is 0 Å². The molecular weight excluding hydrogens is 374 g/mol. The molecule has 2 aromatic carbocycles. The van der Waals surface area contributed by atoms with Crippen molar-refractivity contribution < 1.29 is 28.5 Å². The molecule has 1 heterocycles. The second-order valence-corrected chi connectivity index (χ2v) is 6.29. The lowest BCUT2D eigenvalue weighted by atomic mass is 10.2. The Morgan fingerprint density at radius 3 is 2.48 bits per heavy atom. The average molecular weight is 392 g/mol. The highest BCUT2D eigenvalue weighted by Crippen LogP contribution is 2.34. The van der Waals surface area contributed by atoms with Gasteiger partial charge in [-0.15, -0.1) is 0 Å². The molecule has 0 saturated heterocycles. The van der Waals surface area contributed by atoms with Gasteiger partial charge in [-0.25, -0.2) is 4.79 Å². The van der Waals surface area contributed by atoms with E-state index in [2.05, 4.69) is 5.32 Å². The second kappa shape index (κ2) is 8.18. The predicted molar refractivity (Wildman–Crippen MR) is 98.3 cm³/mol. The largest absolute Gasteiger partial charge is 0.479 e. The first-order chi connectivity index (χ1) is 12.9. The Balaban J connectivity index is 1.52. The minimum absolute atomic E-state index is 0.145. The van der Waals surface area contributed by atoms with Gasteiger partial charge in [-0.05, 0) is 50.2 Å². The third-order valence-corrected chi connectivity index (χ3v) is 4.01. The summed E-state index contributed by atoms with van der Waals surface area (Å²) in [6.45, 7) is 3.17. The molecule has 0 radical (unpaired) electrons. The summed E-state index contributed by atoms with van der Waals surface area (Å²) < 4.78 is 21.1. The summed E-state index contributed by atoms with van der Waals surface area (Å²) in [4.78, 5) is 24.4. The third kappa shape index (κ3) is 4.83. The molecule has 1 aliphatic rings. The Hall–Kier alpha value is -2.93. The first-order valence-corrected chi connectivity index (χ1v) is 8.63. The Labute approximate surface area is 161 Å². The van der Waals surface area contributed by atoms with Gasteiger partial charge in [0.25, 0.3) is 5.91 Å². The topological polar surface area (TPSA) is 83.1 Å². The van der Waals surface area contributed by atoms with E-state index in [1.165, 1.54) is 6.92 Å². The van der Waals surface area contributed by atoms with Gasteiger partial charge in [0.1, 0.15) is 5.75 Å². The van der Waals surface area contributed by atoms with Gasteiger partial charge in [-0.1, -0.05) is 11.6 Å². The molecule has 1 aliphatic heterocycles. The average Bonchev–Trinajstić information content (AvgIpc) is 3.11. The van der Waals surface area contributed by atoms with Gasteiger partial charge < -0.3 is 24.3 Å². The molecule has 3 rings (SSSR count). The second-order valence-electron chi connectivity index (χ2n) is 5.85. The molecule has 0 bridgehead atoms. The van der Waals surface area contributed by atoms with Crippen molar-refractivity contribution in [1.29, 1.82) is 0 Å². The molecule has 1 N–H and O–H groups in total. The highest BCUT2D eigenvalue weighted by atomic mass is 35.5. The molecule has 142 valence electrons. The molecule has 2 atom stereocenters. The number of hydrogen-bond acceptors (Lipinski definition) is 6. The number of ether oxygens (including phenoxy) is 4. The molecule has 2 aromatic rings. The summed E-state index contributed by atoms with van der Waals surface area (Å²) >= 11 is 5.81. The van der Waals surface area contributed by atoms with E-state index in [9.17, 15) is 9.59 Å². The Bertz CT molecular complexity index is 839. The van der Waals surface area contributed by atoms with E-state index in [0.29, 0.717) is 28.0 Å². The smallest absolute Gasteiger partial charge is 0.347 e. The number of halogens is 1. The summed E-state index contributed by atoms with van der Waals surface area (Å²) in [6.07, 6.45) is -1.88. The van der Waals surface area contributed by atoms with Crippen LogP contribution in [0.3, 0.4) is 0 Å². The number of nitrogens with one attached hydrogen (secondary N) is 1. The number of rotatable bonds is 6. The van der Waals surface area contributed by atoms with E-state index >= 15 is 0 Å². The summed E-state index contributed by atoms with van der Waals surface area (Å²) in [6, 6.07) is 11.6. The van der Waals surface area contributed by atoms with E-state index in [1.807, 2.05) is 0 Å². The number of benzene rings is 2. The lowest BCUT2D eigenvalue weighted by Gasteiger charge is -2.18. The molecule has 7 nitrogen and oxygen atoms in total. The molecule has 8 heteroatoms. The predicted octanol–water partition coefficient (Wildman–Crippen LogP) is 3.41. The van der Waals surface area contributed by atoms with Crippen molar-refractivity contribution in [3.05, 3.63) is 47.5 Å². The summed E-state index contributed by atoms with van der Waals surface area (Å²) in [5, 5.41) is 3.23.